The molecule has 0 atom stereocenters. The van der Waals surface area contributed by atoms with Crippen molar-refractivity contribution in [2.24, 2.45) is 0 Å². The van der Waals surface area contributed by atoms with Crippen LogP contribution in [0.2, 0.25) is 0 Å². The largest absolute Gasteiger partial charge is 0.369 e. The molecule has 7 nitrogen and oxygen atoms in total. The summed E-state index contributed by atoms with van der Waals surface area (Å²) >= 11 is 0. The van der Waals surface area contributed by atoms with Crippen LogP contribution in [0, 0.1) is 0 Å². The number of fused-ring (bicyclic) bond motifs is 1. The Morgan fingerprint density at radius 3 is 2.48 bits per heavy atom. The first-order valence-corrected chi connectivity index (χ1v) is 6.16. The number of nitrogens with one attached hydrogen (secondary N) is 2. The van der Waals surface area contributed by atoms with Gasteiger partial charge in [0.15, 0.2) is 11.2 Å². The van der Waals surface area contributed by atoms with Gasteiger partial charge in [-0.3, -0.25) is 14.6 Å². The Morgan fingerprint density at radius 1 is 0.952 bits per heavy atom. The number of aromatic amines is 2. The first-order chi connectivity index (χ1) is 10.1. The summed E-state index contributed by atoms with van der Waals surface area (Å²) < 4.78 is 0. The monoisotopic (exact) mass is 281 g/mol. The highest BCUT2D eigenvalue weighted by Gasteiger charge is 2.07. The van der Waals surface area contributed by atoms with Crippen LogP contribution in [-0.2, 0) is 0 Å². The zero-order valence-electron chi connectivity index (χ0n) is 10.8. The minimum absolute atomic E-state index is 0.0384. The SMILES string of the molecule is Nc1nc2[nH]c(=O)c(C=Cc3ccccc3)nc2c(=O)[nH]1. The molecule has 2 heterocycles. The number of nitrogen functional groups attached to an aromatic ring is 1. The predicted molar refractivity (Wildman–Crippen MR) is 80.6 cm³/mol. The first kappa shape index (κ1) is 12.8. The molecule has 0 saturated carbocycles. The highest BCUT2D eigenvalue weighted by Crippen LogP contribution is 2.05. The normalized spacial score (nSPS) is 11.2. The molecule has 0 spiro atoms. The zero-order chi connectivity index (χ0) is 14.8. The number of rotatable bonds is 2. The third kappa shape index (κ3) is 2.57. The topological polar surface area (TPSA) is 118 Å². The number of nitrogens with two attached hydrogens (primary N) is 1. The second-order valence-corrected chi connectivity index (χ2v) is 4.34. The Hall–Kier alpha value is -3.22. The van der Waals surface area contributed by atoms with E-state index in [0.717, 1.165) is 5.56 Å². The number of H-pyrrole nitrogens is 2. The average molecular weight is 281 g/mol. The quantitative estimate of drug-likeness (QED) is 0.641. The number of nitrogens with zero attached hydrogens (tertiary/aromatic N) is 2. The van der Waals surface area contributed by atoms with E-state index in [1.54, 1.807) is 12.2 Å². The molecule has 2 aromatic heterocycles. The Balaban J connectivity index is 2.12. The maximum Gasteiger partial charge on any atom is 0.280 e. The summed E-state index contributed by atoms with van der Waals surface area (Å²) in [4.78, 5) is 36.4. The van der Waals surface area contributed by atoms with Gasteiger partial charge in [-0.05, 0) is 11.6 Å². The minimum Gasteiger partial charge on any atom is -0.369 e. The van der Waals surface area contributed by atoms with E-state index < -0.39 is 11.1 Å². The van der Waals surface area contributed by atoms with Crippen molar-refractivity contribution in [3.8, 4) is 0 Å². The molecule has 21 heavy (non-hydrogen) atoms. The molecule has 4 N–H and O–H groups in total. The van der Waals surface area contributed by atoms with Crippen LogP contribution in [0.15, 0.2) is 39.9 Å². The van der Waals surface area contributed by atoms with E-state index in [1.807, 2.05) is 30.3 Å². The second kappa shape index (κ2) is 5.04. The van der Waals surface area contributed by atoms with Gasteiger partial charge in [-0.1, -0.05) is 36.4 Å². The molecule has 0 radical (unpaired) electrons. The fourth-order valence-corrected chi connectivity index (χ4v) is 1.87. The van der Waals surface area contributed by atoms with Crippen LogP contribution in [0.4, 0.5) is 5.95 Å². The third-order valence-corrected chi connectivity index (χ3v) is 2.84. The minimum atomic E-state index is -0.497. The van der Waals surface area contributed by atoms with Crippen molar-refractivity contribution in [1.29, 1.82) is 0 Å². The van der Waals surface area contributed by atoms with Gasteiger partial charge in [0.05, 0.1) is 0 Å². The van der Waals surface area contributed by atoms with Crippen molar-refractivity contribution in [3.63, 3.8) is 0 Å². The zero-order valence-corrected chi connectivity index (χ0v) is 10.8. The standard InChI is InChI=1S/C14H11N5O2/c15-14-18-11-10(13(21)19-14)16-9(12(20)17-11)7-6-8-4-2-1-3-5-8/h1-7H,(H4,15,17,18,19,20,21). The van der Waals surface area contributed by atoms with Gasteiger partial charge in [-0.2, -0.15) is 4.98 Å². The molecule has 0 unspecified atom stereocenters. The van der Waals surface area contributed by atoms with E-state index in [2.05, 4.69) is 19.9 Å². The lowest BCUT2D eigenvalue weighted by Crippen LogP contribution is -2.19. The molecule has 3 aromatic rings. The highest BCUT2D eigenvalue weighted by atomic mass is 16.1. The average Bonchev–Trinajstić information content (AvgIpc) is 2.46. The van der Waals surface area contributed by atoms with Crippen molar-refractivity contribution < 1.29 is 0 Å². The summed E-state index contributed by atoms with van der Waals surface area (Å²) in [6.07, 6.45) is 3.28. The molecule has 0 bridgehead atoms. The summed E-state index contributed by atoms with van der Waals surface area (Å²) in [6.45, 7) is 0. The summed E-state index contributed by atoms with van der Waals surface area (Å²) in [7, 11) is 0. The number of hydrogen-bond donors (Lipinski definition) is 3. The van der Waals surface area contributed by atoms with E-state index in [-0.39, 0.29) is 22.8 Å². The van der Waals surface area contributed by atoms with Crippen molar-refractivity contribution in [1.82, 2.24) is 19.9 Å². The van der Waals surface area contributed by atoms with Crippen molar-refractivity contribution in [2.45, 2.75) is 0 Å². The molecule has 0 amide bonds. The molecule has 104 valence electrons. The van der Waals surface area contributed by atoms with Gasteiger partial charge < -0.3 is 10.7 Å². The maximum atomic E-state index is 11.9. The van der Waals surface area contributed by atoms with Crippen molar-refractivity contribution in [3.05, 3.63) is 62.3 Å². The molecule has 3 rings (SSSR count). The van der Waals surface area contributed by atoms with Gasteiger partial charge in [0.2, 0.25) is 5.95 Å². The molecular weight excluding hydrogens is 270 g/mol. The van der Waals surface area contributed by atoms with Crippen molar-refractivity contribution >= 4 is 29.3 Å². The fraction of sp³-hybridized carbons (Fsp3) is 0. The van der Waals surface area contributed by atoms with Crippen LogP contribution >= 0.6 is 0 Å². The Bertz CT molecular complexity index is 941. The summed E-state index contributed by atoms with van der Waals surface area (Å²) in [5.41, 5.74) is 5.64. The van der Waals surface area contributed by atoms with Gasteiger partial charge in [-0.15, -0.1) is 0 Å². The molecule has 7 heteroatoms. The Morgan fingerprint density at radius 2 is 1.71 bits per heavy atom. The van der Waals surface area contributed by atoms with Gasteiger partial charge in [0.1, 0.15) is 5.69 Å². The van der Waals surface area contributed by atoms with E-state index >= 15 is 0 Å². The van der Waals surface area contributed by atoms with E-state index in [9.17, 15) is 9.59 Å². The Kier molecular flexibility index (Phi) is 3.07. The van der Waals surface area contributed by atoms with Crippen LogP contribution in [-0.4, -0.2) is 19.9 Å². The molecular formula is C14H11N5O2. The summed E-state index contributed by atoms with van der Waals surface area (Å²) in [6, 6.07) is 9.44. The van der Waals surface area contributed by atoms with E-state index in [4.69, 9.17) is 5.73 Å². The molecule has 0 aliphatic heterocycles. The number of anilines is 1. The van der Waals surface area contributed by atoms with E-state index in [0.29, 0.717) is 0 Å². The van der Waals surface area contributed by atoms with Crippen LogP contribution in [0.3, 0.4) is 0 Å². The lowest BCUT2D eigenvalue weighted by atomic mass is 10.2. The smallest absolute Gasteiger partial charge is 0.280 e. The van der Waals surface area contributed by atoms with Gasteiger partial charge in [0.25, 0.3) is 11.1 Å². The number of aromatic nitrogens is 4. The van der Waals surface area contributed by atoms with Crippen LogP contribution in [0.1, 0.15) is 11.3 Å². The molecule has 0 aliphatic carbocycles. The van der Waals surface area contributed by atoms with Crippen LogP contribution in [0.25, 0.3) is 23.3 Å². The van der Waals surface area contributed by atoms with Gasteiger partial charge in [0, 0.05) is 0 Å². The lowest BCUT2D eigenvalue weighted by Gasteiger charge is -1.99. The lowest BCUT2D eigenvalue weighted by molar-refractivity contribution is 1.09. The molecule has 0 aliphatic rings. The summed E-state index contributed by atoms with van der Waals surface area (Å²) in [5, 5.41) is 0. The highest BCUT2D eigenvalue weighted by molar-refractivity contribution is 5.73. The van der Waals surface area contributed by atoms with Crippen molar-refractivity contribution in [2.75, 3.05) is 5.73 Å². The third-order valence-electron chi connectivity index (χ3n) is 2.84. The molecule has 0 fully saturated rings. The maximum absolute atomic E-state index is 11.9. The Labute approximate surface area is 118 Å². The van der Waals surface area contributed by atoms with Crippen LogP contribution < -0.4 is 16.9 Å². The van der Waals surface area contributed by atoms with E-state index in [1.165, 1.54) is 0 Å². The molecule has 1 aromatic carbocycles. The predicted octanol–water partition coefficient (Wildman–Crippen LogP) is 0.759. The first-order valence-electron chi connectivity index (χ1n) is 6.16. The fourth-order valence-electron chi connectivity index (χ4n) is 1.87. The summed E-state index contributed by atoms with van der Waals surface area (Å²) in [5.74, 6) is -0.0717. The molecule has 0 saturated heterocycles. The van der Waals surface area contributed by atoms with Gasteiger partial charge >= 0.3 is 0 Å². The number of benzene rings is 1. The van der Waals surface area contributed by atoms with Crippen LogP contribution in [0.5, 0.6) is 0 Å². The van der Waals surface area contributed by atoms with Gasteiger partial charge in [-0.25, -0.2) is 4.98 Å². The number of hydrogen-bond acceptors (Lipinski definition) is 5. The second-order valence-electron chi connectivity index (χ2n) is 4.34.